The molecule has 0 bridgehead atoms. The van der Waals surface area contributed by atoms with Crippen LogP contribution in [-0.2, 0) is 9.53 Å². The number of rotatable bonds is 5. The van der Waals surface area contributed by atoms with E-state index in [1.54, 1.807) is 0 Å². The third kappa shape index (κ3) is 3.98. The number of aromatic carboxylic acids is 1. The monoisotopic (exact) mass is 349 g/mol. The molecule has 2 aliphatic rings. The molecule has 0 aliphatic carbocycles. The van der Waals surface area contributed by atoms with Crippen molar-refractivity contribution in [2.75, 3.05) is 49.6 Å². The van der Waals surface area contributed by atoms with Gasteiger partial charge in [0.15, 0.2) is 5.69 Å². The second-order valence-electron chi connectivity index (χ2n) is 6.59. The van der Waals surface area contributed by atoms with Gasteiger partial charge in [-0.05, 0) is 0 Å². The Bertz CT molecular complexity index is 654. The van der Waals surface area contributed by atoms with Crippen LogP contribution in [0.3, 0.4) is 0 Å². The van der Waals surface area contributed by atoms with Crippen molar-refractivity contribution in [1.29, 1.82) is 0 Å². The van der Waals surface area contributed by atoms with E-state index < -0.39 is 5.97 Å². The van der Waals surface area contributed by atoms with Gasteiger partial charge in [-0.2, -0.15) is 4.98 Å². The van der Waals surface area contributed by atoms with Crippen molar-refractivity contribution in [3.05, 3.63) is 11.8 Å². The summed E-state index contributed by atoms with van der Waals surface area (Å²) in [4.78, 5) is 35.8. The highest BCUT2D eigenvalue weighted by atomic mass is 16.5. The standard InChI is InChI=1S/C16H23N5O4/c1-10(2)14(22)20-3-5-21(6-4-20)16-18-12(15(23)24)7-13(19-16)17-11-8-25-9-11/h7,10-11H,3-6,8-9H2,1-2H3,(H,23,24)(H,17,18,19). The Morgan fingerprint density at radius 2 is 1.92 bits per heavy atom. The van der Waals surface area contributed by atoms with Gasteiger partial charge in [-0.25, -0.2) is 9.78 Å². The van der Waals surface area contributed by atoms with Crippen molar-refractivity contribution >= 4 is 23.6 Å². The van der Waals surface area contributed by atoms with Crippen LogP contribution in [0, 0.1) is 5.92 Å². The first-order chi connectivity index (χ1) is 11.9. The smallest absolute Gasteiger partial charge is 0.354 e. The number of carboxylic acids is 1. The molecule has 3 rings (SSSR count). The molecule has 0 radical (unpaired) electrons. The molecule has 0 saturated carbocycles. The minimum absolute atomic E-state index is 0.0290. The number of anilines is 2. The molecule has 9 nitrogen and oxygen atoms in total. The van der Waals surface area contributed by atoms with Crippen molar-refractivity contribution in [2.24, 2.45) is 5.92 Å². The fraction of sp³-hybridized carbons (Fsp3) is 0.625. The molecule has 2 aliphatic heterocycles. The van der Waals surface area contributed by atoms with Crippen LogP contribution in [0.2, 0.25) is 0 Å². The molecule has 2 fully saturated rings. The average molecular weight is 349 g/mol. The van der Waals surface area contributed by atoms with Crippen LogP contribution in [-0.4, -0.2) is 77.3 Å². The summed E-state index contributed by atoms with van der Waals surface area (Å²) in [5.74, 6) is -0.133. The summed E-state index contributed by atoms with van der Waals surface area (Å²) in [5, 5.41) is 12.5. The first-order valence-corrected chi connectivity index (χ1v) is 8.44. The zero-order valence-electron chi connectivity index (χ0n) is 14.4. The molecule has 0 atom stereocenters. The molecule has 0 aromatic carbocycles. The first-order valence-electron chi connectivity index (χ1n) is 8.44. The van der Waals surface area contributed by atoms with Crippen molar-refractivity contribution in [3.63, 3.8) is 0 Å². The Kier molecular flexibility index (Phi) is 5.03. The molecule has 0 spiro atoms. The van der Waals surface area contributed by atoms with Gasteiger partial charge in [0.25, 0.3) is 0 Å². The van der Waals surface area contributed by atoms with Crippen molar-refractivity contribution in [3.8, 4) is 0 Å². The van der Waals surface area contributed by atoms with Gasteiger partial charge in [-0.15, -0.1) is 0 Å². The largest absolute Gasteiger partial charge is 0.477 e. The molecular formula is C16H23N5O4. The molecular weight excluding hydrogens is 326 g/mol. The van der Waals surface area contributed by atoms with E-state index in [2.05, 4.69) is 15.3 Å². The van der Waals surface area contributed by atoms with E-state index in [1.807, 2.05) is 23.6 Å². The predicted molar refractivity (Wildman–Crippen MR) is 90.9 cm³/mol. The second-order valence-corrected chi connectivity index (χ2v) is 6.59. The Morgan fingerprint density at radius 1 is 1.24 bits per heavy atom. The Labute approximate surface area is 146 Å². The zero-order valence-corrected chi connectivity index (χ0v) is 14.4. The molecule has 1 aromatic heterocycles. The summed E-state index contributed by atoms with van der Waals surface area (Å²) in [6.45, 7) is 7.25. The third-order valence-corrected chi connectivity index (χ3v) is 4.29. The first kappa shape index (κ1) is 17.4. The summed E-state index contributed by atoms with van der Waals surface area (Å²) in [7, 11) is 0. The lowest BCUT2D eigenvalue weighted by molar-refractivity contribution is -0.134. The quantitative estimate of drug-likeness (QED) is 0.781. The maximum absolute atomic E-state index is 12.1. The molecule has 2 N–H and O–H groups in total. The zero-order chi connectivity index (χ0) is 18.0. The highest BCUT2D eigenvalue weighted by Crippen LogP contribution is 2.19. The van der Waals surface area contributed by atoms with Gasteiger partial charge in [0.05, 0.1) is 19.3 Å². The lowest BCUT2D eigenvalue weighted by atomic mass is 10.1. The van der Waals surface area contributed by atoms with E-state index >= 15 is 0 Å². The van der Waals surface area contributed by atoms with E-state index in [1.165, 1.54) is 6.07 Å². The predicted octanol–water partition coefficient (Wildman–Crippen LogP) is 0.290. The maximum Gasteiger partial charge on any atom is 0.354 e. The van der Waals surface area contributed by atoms with Crippen LogP contribution >= 0.6 is 0 Å². The Hall–Kier alpha value is -2.42. The van der Waals surface area contributed by atoms with Crippen LogP contribution < -0.4 is 10.2 Å². The van der Waals surface area contributed by atoms with Gasteiger partial charge in [0.2, 0.25) is 11.9 Å². The number of carbonyl (C=O) groups excluding carboxylic acids is 1. The van der Waals surface area contributed by atoms with Gasteiger partial charge in [0, 0.05) is 38.2 Å². The lowest BCUT2D eigenvalue weighted by Crippen LogP contribution is -2.50. The van der Waals surface area contributed by atoms with Gasteiger partial charge < -0.3 is 25.0 Å². The van der Waals surface area contributed by atoms with Crippen LogP contribution in [0.25, 0.3) is 0 Å². The fourth-order valence-corrected chi connectivity index (χ4v) is 2.78. The molecule has 25 heavy (non-hydrogen) atoms. The Morgan fingerprint density at radius 3 is 2.44 bits per heavy atom. The molecule has 136 valence electrons. The summed E-state index contributed by atoms with van der Waals surface area (Å²) in [6, 6.07) is 1.58. The second kappa shape index (κ2) is 7.22. The topological polar surface area (TPSA) is 108 Å². The number of hydrogen-bond acceptors (Lipinski definition) is 7. The number of carbonyl (C=O) groups is 2. The van der Waals surface area contributed by atoms with E-state index in [-0.39, 0.29) is 23.6 Å². The normalized spacial score (nSPS) is 18.2. The number of piperazine rings is 1. The number of ether oxygens (including phenoxy) is 1. The number of hydrogen-bond donors (Lipinski definition) is 2. The maximum atomic E-state index is 12.1. The number of aromatic nitrogens is 2. The third-order valence-electron chi connectivity index (χ3n) is 4.29. The number of nitrogens with one attached hydrogen (secondary N) is 1. The van der Waals surface area contributed by atoms with E-state index in [0.717, 1.165) is 0 Å². The Balaban J connectivity index is 1.72. The number of carboxylic acid groups (broad SMARTS) is 1. The fourth-order valence-electron chi connectivity index (χ4n) is 2.78. The van der Waals surface area contributed by atoms with Crippen molar-refractivity contribution in [1.82, 2.24) is 14.9 Å². The van der Waals surface area contributed by atoms with Crippen molar-refractivity contribution < 1.29 is 19.4 Å². The SMILES string of the molecule is CC(C)C(=O)N1CCN(c2nc(NC3COC3)cc(C(=O)O)n2)CC1. The average Bonchev–Trinajstić information content (AvgIpc) is 2.57. The lowest BCUT2D eigenvalue weighted by Gasteiger charge is -2.36. The van der Waals surface area contributed by atoms with Gasteiger partial charge in [-0.1, -0.05) is 13.8 Å². The van der Waals surface area contributed by atoms with Crippen LogP contribution in [0.5, 0.6) is 0 Å². The van der Waals surface area contributed by atoms with Crippen LogP contribution in [0.15, 0.2) is 6.07 Å². The minimum Gasteiger partial charge on any atom is -0.477 e. The highest BCUT2D eigenvalue weighted by Gasteiger charge is 2.26. The minimum atomic E-state index is -1.09. The molecule has 1 aromatic rings. The van der Waals surface area contributed by atoms with Crippen LogP contribution in [0.4, 0.5) is 11.8 Å². The van der Waals surface area contributed by atoms with Crippen molar-refractivity contribution in [2.45, 2.75) is 19.9 Å². The van der Waals surface area contributed by atoms with Crippen LogP contribution in [0.1, 0.15) is 24.3 Å². The molecule has 0 unspecified atom stereocenters. The molecule has 2 saturated heterocycles. The molecule has 1 amide bonds. The van der Waals surface area contributed by atoms with Gasteiger partial charge in [-0.3, -0.25) is 4.79 Å². The summed E-state index contributed by atoms with van der Waals surface area (Å²) in [6.07, 6.45) is 0. The summed E-state index contributed by atoms with van der Waals surface area (Å²) < 4.78 is 5.11. The number of amides is 1. The number of nitrogens with zero attached hydrogens (tertiary/aromatic N) is 4. The summed E-state index contributed by atoms with van der Waals surface area (Å²) >= 11 is 0. The highest BCUT2D eigenvalue weighted by molar-refractivity contribution is 5.86. The van der Waals surface area contributed by atoms with Gasteiger partial charge >= 0.3 is 5.97 Å². The van der Waals surface area contributed by atoms with E-state index in [9.17, 15) is 14.7 Å². The van der Waals surface area contributed by atoms with E-state index in [0.29, 0.717) is 51.2 Å². The molecule has 9 heteroatoms. The summed E-state index contributed by atoms with van der Waals surface area (Å²) in [5.41, 5.74) is -0.0478. The van der Waals surface area contributed by atoms with E-state index in [4.69, 9.17) is 4.74 Å². The van der Waals surface area contributed by atoms with Gasteiger partial charge in [0.1, 0.15) is 5.82 Å². The molecule has 3 heterocycles.